The molecule has 0 amide bonds. The molecule has 1 saturated carbocycles. The lowest BCUT2D eigenvalue weighted by Crippen LogP contribution is -2.54. The van der Waals surface area contributed by atoms with Gasteiger partial charge in [-0.1, -0.05) is 19.8 Å². The number of hydrogen-bond acceptors (Lipinski definition) is 4. The van der Waals surface area contributed by atoms with Crippen molar-refractivity contribution in [2.75, 3.05) is 7.11 Å². The standard InChI is InChI=1S/C14H24N2OS/c1-3-11-6-7-12(18-11)10-13(16-15)14(17-2)8-4-5-9-14/h6-7,13,16H,3-5,8-10,15H2,1-2H3. The lowest BCUT2D eigenvalue weighted by Gasteiger charge is -2.35. The third-order valence-corrected chi connectivity index (χ3v) is 5.42. The summed E-state index contributed by atoms with van der Waals surface area (Å²) in [6.45, 7) is 2.20. The van der Waals surface area contributed by atoms with Gasteiger partial charge in [0.05, 0.1) is 11.6 Å². The molecule has 1 fully saturated rings. The number of methoxy groups -OCH3 is 1. The molecule has 0 radical (unpaired) electrons. The molecule has 0 bridgehead atoms. The minimum Gasteiger partial charge on any atom is -0.377 e. The van der Waals surface area contributed by atoms with E-state index in [0.29, 0.717) is 0 Å². The number of nitrogens with one attached hydrogen (secondary N) is 1. The van der Waals surface area contributed by atoms with Crippen molar-refractivity contribution in [2.24, 2.45) is 5.84 Å². The molecule has 3 nitrogen and oxygen atoms in total. The van der Waals surface area contributed by atoms with Crippen LogP contribution in [-0.4, -0.2) is 18.8 Å². The van der Waals surface area contributed by atoms with Gasteiger partial charge in [-0.15, -0.1) is 11.3 Å². The molecule has 1 atom stereocenters. The van der Waals surface area contributed by atoms with Gasteiger partial charge in [0.1, 0.15) is 0 Å². The fourth-order valence-electron chi connectivity index (χ4n) is 2.99. The molecule has 1 aliphatic carbocycles. The maximum absolute atomic E-state index is 5.82. The van der Waals surface area contributed by atoms with E-state index in [-0.39, 0.29) is 11.6 Å². The van der Waals surface area contributed by atoms with Crippen molar-refractivity contribution in [3.05, 3.63) is 21.9 Å². The predicted octanol–water partition coefficient (Wildman–Crippen LogP) is 2.64. The Balaban J connectivity index is 2.08. The van der Waals surface area contributed by atoms with Crippen molar-refractivity contribution in [1.82, 2.24) is 5.43 Å². The molecule has 2 rings (SSSR count). The van der Waals surface area contributed by atoms with Crippen LogP contribution in [0.1, 0.15) is 42.4 Å². The minimum atomic E-state index is -0.0644. The summed E-state index contributed by atoms with van der Waals surface area (Å²) in [5.41, 5.74) is 2.93. The van der Waals surface area contributed by atoms with Gasteiger partial charge in [0, 0.05) is 23.3 Å². The Kier molecular flexibility index (Phi) is 4.78. The molecule has 0 aromatic carbocycles. The van der Waals surface area contributed by atoms with Crippen LogP contribution in [0.25, 0.3) is 0 Å². The third kappa shape index (κ3) is 2.77. The second kappa shape index (κ2) is 6.15. The molecule has 1 aromatic heterocycles. The van der Waals surface area contributed by atoms with Crippen molar-refractivity contribution < 1.29 is 4.74 Å². The predicted molar refractivity (Wildman–Crippen MR) is 76.7 cm³/mol. The van der Waals surface area contributed by atoms with Gasteiger partial charge in [-0.25, -0.2) is 0 Å². The summed E-state index contributed by atoms with van der Waals surface area (Å²) in [6.07, 6.45) is 6.80. The molecule has 1 aliphatic rings. The van der Waals surface area contributed by atoms with E-state index in [2.05, 4.69) is 24.5 Å². The summed E-state index contributed by atoms with van der Waals surface area (Å²) in [5.74, 6) is 5.78. The van der Waals surface area contributed by atoms with Crippen LogP contribution in [0.4, 0.5) is 0 Å². The first-order chi connectivity index (χ1) is 8.74. The first-order valence-corrected chi connectivity index (χ1v) is 7.64. The number of hydrazine groups is 1. The molecule has 0 spiro atoms. The first kappa shape index (κ1) is 14.0. The summed E-state index contributed by atoms with van der Waals surface area (Å²) in [4.78, 5) is 2.84. The number of hydrogen-bond donors (Lipinski definition) is 2. The van der Waals surface area contributed by atoms with E-state index < -0.39 is 0 Å². The summed E-state index contributed by atoms with van der Waals surface area (Å²) in [6, 6.07) is 4.67. The van der Waals surface area contributed by atoms with Crippen molar-refractivity contribution >= 4 is 11.3 Å². The Bertz CT molecular complexity index is 372. The molecule has 1 unspecified atom stereocenters. The van der Waals surface area contributed by atoms with Crippen molar-refractivity contribution in [3.8, 4) is 0 Å². The highest BCUT2D eigenvalue weighted by atomic mass is 32.1. The zero-order valence-corrected chi connectivity index (χ0v) is 12.2. The van der Waals surface area contributed by atoms with Crippen molar-refractivity contribution in [3.63, 3.8) is 0 Å². The molecule has 0 saturated heterocycles. The summed E-state index contributed by atoms with van der Waals surface area (Å²) in [7, 11) is 1.82. The molecule has 18 heavy (non-hydrogen) atoms. The number of thiophene rings is 1. The molecule has 0 aliphatic heterocycles. The minimum absolute atomic E-state index is 0.0644. The number of aryl methyl sites for hydroxylation is 1. The summed E-state index contributed by atoms with van der Waals surface area (Å²) >= 11 is 1.89. The van der Waals surface area contributed by atoms with E-state index in [0.717, 1.165) is 25.7 Å². The Hall–Kier alpha value is -0.420. The first-order valence-electron chi connectivity index (χ1n) is 6.83. The van der Waals surface area contributed by atoms with E-state index in [1.807, 2.05) is 18.4 Å². The molecule has 1 aromatic rings. The SMILES string of the molecule is CCc1ccc(CC(NN)C2(OC)CCCC2)s1. The van der Waals surface area contributed by atoms with E-state index in [9.17, 15) is 0 Å². The topological polar surface area (TPSA) is 47.3 Å². The van der Waals surface area contributed by atoms with E-state index in [1.54, 1.807) is 0 Å². The summed E-state index contributed by atoms with van der Waals surface area (Å²) < 4.78 is 5.82. The monoisotopic (exact) mass is 268 g/mol. The Morgan fingerprint density at radius 1 is 1.39 bits per heavy atom. The number of nitrogens with two attached hydrogens (primary N) is 1. The highest BCUT2D eigenvalue weighted by Crippen LogP contribution is 2.37. The van der Waals surface area contributed by atoms with Crippen LogP contribution in [0.15, 0.2) is 12.1 Å². The van der Waals surface area contributed by atoms with Crippen LogP contribution >= 0.6 is 11.3 Å². The molecule has 3 N–H and O–H groups in total. The highest BCUT2D eigenvalue weighted by Gasteiger charge is 2.41. The van der Waals surface area contributed by atoms with E-state index in [1.165, 1.54) is 22.6 Å². The van der Waals surface area contributed by atoms with Crippen LogP contribution in [-0.2, 0) is 17.6 Å². The van der Waals surface area contributed by atoms with Crippen molar-refractivity contribution in [1.29, 1.82) is 0 Å². The molecule has 102 valence electrons. The van der Waals surface area contributed by atoms with Crippen LogP contribution in [0.2, 0.25) is 0 Å². The van der Waals surface area contributed by atoms with Crippen LogP contribution in [0.5, 0.6) is 0 Å². The smallest absolute Gasteiger partial charge is 0.0847 e. The fourth-order valence-corrected chi connectivity index (χ4v) is 3.99. The maximum Gasteiger partial charge on any atom is 0.0847 e. The zero-order valence-electron chi connectivity index (χ0n) is 11.4. The van der Waals surface area contributed by atoms with Gasteiger partial charge in [0.25, 0.3) is 0 Å². The Morgan fingerprint density at radius 3 is 2.56 bits per heavy atom. The van der Waals surface area contributed by atoms with Gasteiger partial charge in [-0.2, -0.15) is 0 Å². The number of rotatable bonds is 6. The lowest BCUT2D eigenvalue weighted by atomic mass is 9.89. The second-order valence-electron chi connectivity index (χ2n) is 5.12. The van der Waals surface area contributed by atoms with E-state index >= 15 is 0 Å². The largest absolute Gasteiger partial charge is 0.377 e. The third-order valence-electron chi connectivity index (χ3n) is 4.16. The second-order valence-corrected chi connectivity index (χ2v) is 6.37. The van der Waals surface area contributed by atoms with Gasteiger partial charge < -0.3 is 4.74 Å². The fraction of sp³-hybridized carbons (Fsp3) is 0.714. The quantitative estimate of drug-likeness (QED) is 0.616. The molecular formula is C14H24N2OS. The van der Waals surface area contributed by atoms with Gasteiger partial charge >= 0.3 is 0 Å². The Labute approximate surface area is 114 Å². The average molecular weight is 268 g/mol. The van der Waals surface area contributed by atoms with Gasteiger partial charge in [-0.3, -0.25) is 11.3 Å². The molecular weight excluding hydrogens is 244 g/mol. The zero-order chi connectivity index (χ0) is 13.0. The van der Waals surface area contributed by atoms with Gasteiger partial charge in [-0.05, 0) is 31.4 Å². The van der Waals surface area contributed by atoms with Crippen LogP contribution < -0.4 is 11.3 Å². The van der Waals surface area contributed by atoms with E-state index in [4.69, 9.17) is 10.6 Å². The number of ether oxygens (including phenoxy) is 1. The lowest BCUT2D eigenvalue weighted by molar-refractivity contribution is -0.0353. The average Bonchev–Trinajstić information content (AvgIpc) is 3.05. The Morgan fingerprint density at radius 2 is 2.06 bits per heavy atom. The van der Waals surface area contributed by atoms with Crippen molar-refractivity contribution in [2.45, 2.75) is 57.1 Å². The molecule has 4 heteroatoms. The molecule has 1 heterocycles. The highest BCUT2D eigenvalue weighted by molar-refractivity contribution is 7.11. The maximum atomic E-state index is 5.82. The van der Waals surface area contributed by atoms with Gasteiger partial charge in [0.15, 0.2) is 0 Å². The van der Waals surface area contributed by atoms with Crippen LogP contribution in [0, 0.1) is 0 Å². The summed E-state index contributed by atoms with van der Waals surface area (Å²) in [5, 5.41) is 0. The van der Waals surface area contributed by atoms with Crippen LogP contribution in [0.3, 0.4) is 0 Å². The normalized spacial score (nSPS) is 20.2. The van der Waals surface area contributed by atoms with Gasteiger partial charge in [0.2, 0.25) is 0 Å².